The molecule has 0 heterocycles. The summed E-state index contributed by atoms with van der Waals surface area (Å²) in [5.41, 5.74) is 5.00. The highest BCUT2D eigenvalue weighted by Gasteiger charge is 2.21. The van der Waals surface area contributed by atoms with Gasteiger partial charge >= 0.3 is 0 Å². The molecule has 0 aromatic heterocycles. The molecule has 0 atom stereocenters. The predicted molar refractivity (Wildman–Crippen MR) is 76.6 cm³/mol. The summed E-state index contributed by atoms with van der Waals surface area (Å²) in [5, 5.41) is 18.1. The highest BCUT2D eigenvalue weighted by molar-refractivity contribution is 9.10. The highest BCUT2D eigenvalue weighted by atomic mass is 79.9. The molecule has 1 aromatic carbocycles. The lowest BCUT2D eigenvalue weighted by atomic mass is 9.88. The molecule has 1 rings (SSSR count). The van der Waals surface area contributed by atoms with Crippen LogP contribution >= 0.6 is 15.9 Å². The molecule has 0 spiro atoms. The lowest BCUT2D eigenvalue weighted by molar-refractivity contribution is -0.385. The van der Waals surface area contributed by atoms with Crippen LogP contribution in [0.4, 0.5) is 5.69 Å². The lowest BCUT2D eigenvalue weighted by Crippen LogP contribution is -2.32. The molecular weight excluding hydrogens is 314 g/mol. The van der Waals surface area contributed by atoms with Crippen molar-refractivity contribution in [1.82, 2.24) is 0 Å². The van der Waals surface area contributed by atoms with Crippen LogP contribution in [-0.4, -0.2) is 17.4 Å². The lowest BCUT2D eigenvalue weighted by Gasteiger charge is -2.22. The van der Waals surface area contributed by atoms with Crippen molar-refractivity contribution in [2.75, 3.05) is 6.61 Å². The van der Waals surface area contributed by atoms with Crippen molar-refractivity contribution in [3.63, 3.8) is 0 Å². The Hall–Kier alpha value is -1.63. The van der Waals surface area contributed by atoms with Gasteiger partial charge in [-0.3, -0.25) is 15.5 Å². The molecule has 0 aliphatic rings. The number of nitrogens with zero attached hydrogens (tertiary/aromatic N) is 1. The van der Waals surface area contributed by atoms with E-state index in [2.05, 4.69) is 15.9 Å². The minimum Gasteiger partial charge on any atom is -0.492 e. The SMILES string of the molecule is CC(C)(CCOc1cc([N+](=O)[O-])ccc1Br)C(=N)N. The maximum Gasteiger partial charge on any atom is 0.273 e. The maximum atomic E-state index is 10.7. The summed E-state index contributed by atoms with van der Waals surface area (Å²) >= 11 is 3.27. The van der Waals surface area contributed by atoms with Gasteiger partial charge in [-0.05, 0) is 28.4 Å². The van der Waals surface area contributed by atoms with Gasteiger partial charge in [-0.15, -0.1) is 0 Å². The van der Waals surface area contributed by atoms with Crippen LogP contribution in [0.5, 0.6) is 5.75 Å². The molecule has 0 aliphatic heterocycles. The molecule has 0 amide bonds. The summed E-state index contributed by atoms with van der Waals surface area (Å²) in [5.74, 6) is 0.503. The first kappa shape index (κ1) is 15.4. The average Bonchev–Trinajstić information content (AvgIpc) is 2.30. The van der Waals surface area contributed by atoms with Gasteiger partial charge in [0.2, 0.25) is 0 Å². The van der Waals surface area contributed by atoms with Crippen LogP contribution in [0.1, 0.15) is 20.3 Å². The zero-order chi connectivity index (χ0) is 14.6. The summed E-state index contributed by atoms with van der Waals surface area (Å²) < 4.78 is 6.16. The van der Waals surface area contributed by atoms with Crippen LogP contribution in [0.15, 0.2) is 22.7 Å². The number of halogens is 1. The number of hydrogen-bond acceptors (Lipinski definition) is 4. The molecule has 1 aromatic rings. The van der Waals surface area contributed by atoms with Crippen LogP contribution in [0, 0.1) is 20.9 Å². The molecule has 0 radical (unpaired) electrons. The number of nitrogens with two attached hydrogens (primary N) is 1. The molecule has 0 saturated carbocycles. The number of ether oxygens (including phenoxy) is 1. The summed E-state index contributed by atoms with van der Waals surface area (Å²) in [6.45, 7) is 4.02. The number of nitrogens with one attached hydrogen (secondary N) is 1. The van der Waals surface area contributed by atoms with Crippen LogP contribution in [0.3, 0.4) is 0 Å². The van der Waals surface area contributed by atoms with E-state index in [0.29, 0.717) is 23.2 Å². The zero-order valence-electron chi connectivity index (χ0n) is 10.8. The van der Waals surface area contributed by atoms with Crippen molar-refractivity contribution in [3.05, 3.63) is 32.8 Å². The second-order valence-electron chi connectivity index (χ2n) is 4.77. The zero-order valence-corrected chi connectivity index (χ0v) is 12.4. The van der Waals surface area contributed by atoms with E-state index in [1.54, 1.807) is 6.07 Å². The topological polar surface area (TPSA) is 102 Å². The highest BCUT2D eigenvalue weighted by Crippen LogP contribution is 2.30. The third-order valence-corrected chi connectivity index (χ3v) is 3.49. The molecule has 7 heteroatoms. The van der Waals surface area contributed by atoms with Gasteiger partial charge in [0, 0.05) is 11.5 Å². The van der Waals surface area contributed by atoms with E-state index in [9.17, 15) is 10.1 Å². The predicted octanol–water partition coefficient (Wildman–Crippen LogP) is 3.09. The maximum absolute atomic E-state index is 10.7. The Bertz CT molecular complexity index is 503. The Morgan fingerprint density at radius 1 is 1.58 bits per heavy atom. The van der Waals surface area contributed by atoms with Crippen molar-refractivity contribution in [2.24, 2.45) is 11.1 Å². The Kier molecular flexibility index (Phi) is 4.88. The van der Waals surface area contributed by atoms with Crippen molar-refractivity contribution in [2.45, 2.75) is 20.3 Å². The first-order chi connectivity index (χ1) is 8.74. The molecule has 0 fully saturated rings. The van der Waals surface area contributed by atoms with Crippen molar-refractivity contribution < 1.29 is 9.66 Å². The number of hydrogen-bond donors (Lipinski definition) is 2. The monoisotopic (exact) mass is 329 g/mol. The second kappa shape index (κ2) is 6.01. The van der Waals surface area contributed by atoms with Crippen molar-refractivity contribution in [1.29, 1.82) is 5.41 Å². The van der Waals surface area contributed by atoms with E-state index in [0.717, 1.165) is 0 Å². The Labute approximate surface area is 119 Å². The quantitative estimate of drug-likeness (QED) is 0.362. The third-order valence-electron chi connectivity index (χ3n) is 2.84. The number of benzene rings is 1. The number of nitro benzene ring substituents is 1. The molecule has 0 aliphatic carbocycles. The van der Waals surface area contributed by atoms with Gasteiger partial charge in [0.05, 0.1) is 27.9 Å². The minimum atomic E-state index is -0.473. The summed E-state index contributed by atoms with van der Waals surface area (Å²) in [6.07, 6.45) is 0.553. The van der Waals surface area contributed by atoms with E-state index in [1.807, 2.05) is 13.8 Å². The Balaban J connectivity index is 2.70. The normalized spacial score (nSPS) is 11.1. The van der Waals surface area contributed by atoms with E-state index >= 15 is 0 Å². The van der Waals surface area contributed by atoms with Crippen LogP contribution in [0.2, 0.25) is 0 Å². The van der Waals surface area contributed by atoms with Gasteiger partial charge in [-0.1, -0.05) is 13.8 Å². The second-order valence-corrected chi connectivity index (χ2v) is 5.62. The van der Waals surface area contributed by atoms with E-state index in [1.165, 1.54) is 12.1 Å². The first-order valence-corrected chi connectivity index (χ1v) is 6.44. The Morgan fingerprint density at radius 3 is 2.74 bits per heavy atom. The number of non-ortho nitro benzene ring substituents is 1. The molecule has 0 bridgehead atoms. The Morgan fingerprint density at radius 2 is 2.21 bits per heavy atom. The fourth-order valence-corrected chi connectivity index (χ4v) is 1.63. The molecule has 3 N–H and O–H groups in total. The van der Waals surface area contributed by atoms with E-state index < -0.39 is 10.3 Å². The van der Waals surface area contributed by atoms with Gasteiger partial charge in [-0.25, -0.2) is 0 Å². The van der Waals surface area contributed by atoms with Crippen LogP contribution in [0.25, 0.3) is 0 Å². The molecule has 0 unspecified atom stereocenters. The van der Waals surface area contributed by atoms with Crippen molar-refractivity contribution in [3.8, 4) is 5.75 Å². The molecule has 104 valence electrons. The minimum absolute atomic E-state index is 0.0240. The smallest absolute Gasteiger partial charge is 0.273 e. The fourth-order valence-electron chi connectivity index (χ4n) is 1.27. The van der Waals surface area contributed by atoms with Crippen LogP contribution < -0.4 is 10.5 Å². The molecule has 19 heavy (non-hydrogen) atoms. The average molecular weight is 330 g/mol. The van der Waals surface area contributed by atoms with Gasteiger partial charge in [-0.2, -0.15) is 0 Å². The fraction of sp³-hybridized carbons (Fsp3) is 0.417. The third kappa shape index (κ3) is 4.20. The largest absolute Gasteiger partial charge is 0.492 e. The standard InChI is InChI=1S/C12H16BrN3O3/c1-12(2,11(14)15)5-6-19-10-7-8(16(17)18)3-4-9(10)13/h3-4,7H,5-6H2,1-2H3,(H3,14,15). The summed E-state index contributed by atoms with van der Waals surface area (Å²) in [4.78, 5) is 10.2. The van der Waals surface area contributed by atoms with E-state index in [4.69, 9.17) is 15.9 Å². The number of amidine groups is 1. The van der Waals surface area contributed by atoms with Gasteiger partial charge < -0.3 is 10.5 Å². The summed E-state index contributed by atoms with van der Waals surface area (Å²) in [7, 11) is 0. The number of nitro groups is 1. The summed E-state index contributed by atoms with van der Waals surface area (Å²) in [6, 6.07) is 4.34. The molecule has 6 nitrogen and oxygen atoms in total. The van der Waals surface area contributed by atoms with Gasteiger partial charge in [0.25, 0.3) is 5.69 Å². The van der Waals surface area contributed by atoms with Crippen molar-refractivity contribution >= 4 is 27.5 Å². The van der Waals surface area contributed by atoms with Gasteiger partial charge in [0.15, 0.2) is 0 Å². The van der Waals surface area contributed by atoms with Crippen LogP contribution in [-0.2, 0) is 0 Å². The van der Waals surface area contributed by atoms with Gasteiger partial charge in [0.1, 0.15) is 5.75 Å². The molecule has 0 saturated heterocycles. The first-order valence-electron chi connectivity index (χ1n) is 5.65. The number of rotatable bonds is 6. The molecular formula is C12H16BrN3O3. The van der Waals surface area contributed by atoms with E-state index in [-0.39, 0.29) is 11.5 Å².